The second-order valence-electron chi connectivity index (χ2n) is 4.32. The average Bonchev–Trinajstić information content (AvgIpc) is 2.47. The first-order valence-electron chi connectivity index (χ1n) is 6.05. The third-order valence-corrected chi connectivity index (χ3v) is 4.49. The Hall–Kier alpha value is -1.96. The van der Waals surface area contributed by atoms with Gasteiger partial charge in [-0.3, -0.25) is 4.72 Å². The minimum absolute atomic E-state index is 0.0200. The Morgan fingerprint density at radius 2 is 1.76 bits per heavy atom. The minimum atomic E-state index is -3.79. The molecule has 2 aromatic rings. The fourth-order valence-corrected chi connectivity index (χ4v) is 3.32. The summed E-state index contributed by atoms with van der Waals surface area (Å²) in [5.41, 5.74) is 6.94. The Morgan fingerprint density at radius 1 is 1.14 bits per heavy atom. The summed E-state index contributed by atoms with van der Waals surface area (Å²) in [4.78, 5) is 0.0512. The number of nitrogens with two attached hydrogens (primary N) is 1. The molecule has 0 amide bonds. The van der Waals surface area contributed by atoms with E-state index in [4.69, 9.17) is 23.1 Å². The first kappa shape index (κ1) is 15.4. The maximum absolute atomic E-state index is 12.4. The zero-order valence-corrected chi connectivity index (χ0v) is 12.6. The number of hydrogen-bond acceptors (Lipinski definition) is 4. The number of anilines is 1. The highest BCUT2D eigenvalue weighted by Gasteiger charge is 2.19. The van der Waals surface area contributed by atoms with E-state index in [-0.39, 0.29) is 16.5 Å². The van der Waals surface area contributed by atoms with Crippen LogP contribution in [0.1, 0.15) is 11.1 Å². The van der Waals surface area contributed by atoms with Crippen molar-refractivity contribution in [3.8, 4) is 0 Å². The minimum Gasteiger partial charge on any atom is -0.392 e. The van der Waals surface area contributed by atoms with Gasteiger partial charge in [0.15, 0.2) is 0 Å². The van der Waals surface area contributed by atoms with Crippen LogP contribution < -0.4 is 10.5 Å². The first-order chi connectivity index (χ1) is 9.94. The summed E-state index contributed by atoms with van der Waals surface area (Å²) in [7, 11) is -3.79. The van der Waals surface area contributed by atoms with E-state index in [1.54, 1.807) is 42.5 Å². The average molecular weight is 322 g/mol. The van der Waals surface area contributed by atoms with Gasteiger partial charge in [-0.1, -0.05) is 42.5 Å². The van der Waals surface area contributed by atoms with Crippen LogP contribution in [-0.2, 0) is 16.6 Å². The summed E-state index contributed by atoms with van der Waals surface area (Å²) in [6, 6.07) is 12.7. The van der Waals surface area contributed by atoms with Crippen molar-refractivity contribution < 1.29 is 13.5 Å². The lowest BCUT2D eigenvalue weighted by Crippen LogP contribution is -2.19. The van der Waals surface area contributed by atoms with Crippen molar-refractivity contribution in [1.29, 1.82) is 0 Å². The summed E-state index contributed by atoms with van der Waals surface area (Å²) in [6.45, 7) is -0.0999. The van der Waals surface area contributed by atoms with Crippen molar-refractivity contribution >= 4 is 32.9 Å². The molecule has 4 N–H and O–H groups in total. The number of hydrogen-bond donors (Lipinski definition) is 3. The molecule has 21 heavy (non-hydrogen) atoms. The van der Waals surface area contributed by atoms with Gasteiger partial charge in [0.05, 0.1) is 11.5 Å². The summed E-state index contributed by atoms with van der Waals surface area (Å²) in [5, 5.41) is 8.97. The number of sulfonamides is 1. The molecule has 0 radical (unpaired) electrons. The lowest BCUT2D eigenvalue weighted by Gasteiger charge is -2.11. The molecule has 2 aromatic carbocycles. The monoisotopic (exact) mass is 322 g/mol. The van der Waals surface area contributed by atoms with Crippen LogP contribution in [0.5, 0.6) is 0 Å². The van der Waals surface area contributed by atoms with Gasteiger partial charge in [0.1, 0.15) is 4.99 Å². The van der Waals surface area contributed by atoms with Gasteiger partial charge in [-0.05, 0) is 23.8 Å². The van der Waals surface area contributed by atoms with E-state index >= 15 is 0 Å². The molecule has 0 unspecified atom stereocenters. The van der Waals surface area contributed by atoms with Gasteiger partial charge in [0.2, 0.25) is 0 Å². The van der Waals surface area contributed by atoms with Crippen molar-refractivity contribution in [2.24, 2.45) is 5.73 Å². The van der Waals surface area contributed by atoms with Crippen molar-refractivity contribution in [3.63, 3.8) is 0 Å². The molecule has 2 rings (SSSR count). The summed E-state index contributed by atoms with van der Waals surface area (Å²) < 4.78 is 27.3. The molecule has 0 aliphatic carbocycles. The van der Waals surface area contributed by atoms with Crippen LogP contribution in [-0.4, -0.2) is 18.5 Å². The molecule has 0 atom stereocenters. The molecule has 0 spiro atoms. The molecule has 0 saturated heterocycles. The lowest BCUT2D eigenvalue weighted by molar-refractivity contribution is 0.282. The standard InChI is InChI=1S/C14H14N2O3S2/c15-14(20)12-3-1-2-4-13(12)21(18,19)16-11-7-5-10(9-17)6-8-11/h1-8,16-17H,9H2,(H2,15,20). The number of aliphatic hydroxyl groups is 1. The van der Waals surface area contributed by atoms with Crippen LogP contribution in [0.3, 0.4) is 0 Å². The van der Waals surface area contributed by atoms with Gasteiger partial charge in [-0.15, -0.1) is 0 Å². The number of nitrogens with one attached hydrogen (secondary N) is 1. The maximum atomic E-state index is 12.4. The fraction of sp³-hybridized carbons (Fsp3) is 0.0714. The van der Waals surface area contributed by atoms with Crippen LogP contribution in [0.15, 0.2) is 53.4 Å². The van der Waals surface area contributed by atoms with E-state index in [1.807, 2.05) is 0 Å². The second-order valence-corrected chi connectivity index (χ2v) is 6.41. The number of aliphatic hydroxyl groups excluding tert-OH is 1. The maximum Gasteiger partial charge on any atom is 0.262 e. The summed E-state index contributed by atoms with van der Waals surface area (Å²) >= 11 is 4.87. The molecule has 0 fully saturated rings. The lowest BCUT2D eigenvalue weighted by atomic mass is 10.2. The fourth-order valence-electron chi connectivity index (χ4n) is 1.79. The Labute approximate surface area is 128 Å². The third kappa shape index (κ3) is 3.57. The van der Waals surface area contributed by atoms with Gasteiger partial charge in [-0.25, -0.2) is 8.42 Å². The number of thiocarbonyl (C=S) groups is 1. The van der Waals surface area contributed by atoms with Gasteiger partial charge < -0.3 is 10.8 Å². The molecular formula is C14H14N2O3S2. The highest BCUT2D eigenvalue weighted by molar-refractivity contribution is 7.93. The summed E-state index contributed by atoms with van der Waals surface area (Å²) in [5.74, 6) is 0. The molecule has 110 valence electrons. The van der Waals surface area contributed by atoms with Gasteiger partial charge in [0.25, 0.3) is 10.0 Å². The normalized spacial score (nSPS) is 11.1. The highest BCUT2D eigenvalue weighted by atomic mass is 32.2. The molecule has 0 heterocycles. The van der Waals surface area contributed by atoms with Crippen molar-refractivity contribution in [2.75, 3.05) is 4.72 Å². The molecule has 5 nitrogen and oxygen atoms in total. The predicted molar refractivity (Wildman–Crippen MR) is 85.5 cm³/mol. The van der Waals surface area contributed by atoms with E-state index in [0.29, 0.717) is 16.8 Å². The second kappa shape index (κ2) is 6.21. The molecule has 0 bridgehead atoms. The van der Waals surface area contributed by atoms with E-state index in [2.05, 4.69) is 4.72 Å². The first-order valence-corrected chi connectivity index (χ1v) is 7.94. The van der Waals surface area contributed by atoms with E-state index < -0.39 is 10.0 Å². The largest absolute Gasteiger partial charge is 0.392 e. The predicted octanol–water partition coefficient (Wildman–Crippen LogP) is 1.61. The highest BCUT2D eigenvalue weighted by Crippen LogP contribution is 2.20. The molecule has 0 aliphatic heterocycles. The topological polar surface area (TPSA) is 92.4 Å². The van der Waals surface area contributed by atoms with E-state index in [1.165, 1.54) is 6.07 Å². The Kier molecular flexibility index (Phi) is 4.56. The molecule has 0 aliphatic rings. The van der Waals surface area contributed by atoms with Crippen molar-refractivity contribution in [3.05, 3.63) is 59.7 Å². The van der Waals surface area contributed by atoms with Gasteiger partial charge >= 0.3 is 0 Å². The Morgan fingerprint density at radius 3 is 2.33 bits per heavy atom. The van der Waals surface area contributed by atoms with Crippen LogP contribution in [0, 0.1) is 0 Å². The molecule has 7 heteroatoms. The van der Waals surface area contributed by atoms with Gasteiger partial charge in [0, 0.05) is 11.3 Å². The van der Waals surface area contributed by atoms with Gasteiger partial charge in [-0.2, -0.15) is 0 Å². The van der Waals surface area contributed by atoms with Crippen LogP contribution in [0.25, 0.3) is 0 Å². The number of rotatable bonds is 5. The molecule has 0 saturated carbocycles. The van der Waals surface area contributed by atoms with Crippen molar-refractivity contribution in [2.45, 2.75) is 11.5 Å². The van der Waals surface area contributed by atoms with Crippen LogP contribution >= 0.6 is 12.2 Å². The van der Waals surface area contributed by atoms with Crippen molar-refractivity contribution in [1.82, 2.24) is 0 Å². The molecular weight excluding hydrogens is 308 g/mol. The van der Waals surface area contributed by atoms with E-state index in [0.717, 1.165) is 0 Å². The zero-order valence-electron chi connectivity index (χ0n) is 11.0. The van der Waals surface area contributed by atoms with Crippen LogP contribution in [0.2, 0.25) is 0 Å². The smallest absolute Gasteiger partial charge is 0.262 e. The van der Waals surface area contributed by atoms with E-state index in [9.17, 15) is 8.42 Å². The zero-order chi connectivity index (χ0) is 15.5. The molecule has 0 aromatic heterocycles. The number of benzene rings is 2. The Bertz CT molecular complexity index is 756. The summed E-state index contributed by atoms with van der Waals surface area (Å²) in [6.07, 6.45) is 0. The quantitative estimate of drug-likeness (QED) is 0.727. The SMILES string of the molecule is NC(=S)c1ccccc1S(=O)(=O)Nc1ccc(CO)cc1. The van der Waals surface area contributed by atoms with Crippen LogP contribution in [0.4, 0.5) is 5.69 Å². The third-order valence-electron chi connectivity index (χ3n) is 2.83. The Balaban J connectivity index is 2.36.